The Morgan fingerprint density at radius 1 is 1.67 bits per heavy atom. The van der Waals surface area contributed by atoms with Crippen molar-refractivity contribution < 1.29 is 13.5 Å². The summed E-state index contributed by atoms with van der Waals surface area (Å²) in [5.41, 5.74) is 4.41. The number of aromatic nitrogens is 2. The SMILES string of the molecule is Nc1ccn([C@@H]2OCCC2(F)F)c(=O)n1. The molecule has 2 N–H and O–H groups in total. The van der Waals surface area contributed by atoms with E-state index in [1.807, 2.05) is 0 Å². The van der Waals surface area contributed by atoms with Crippen LogP contribution in [0.1, 0.15) is 12.6 Å². The van der Waals surface area contributed by atoms with Crippen molar-refractivity contribution in [3.8, 4) is 0 Å². The summed E-state index contributed by atoms with van der Waals surface area (Å²) in [5.74, 6) is -3.04. The zero-order valence-corrected chi connectivity index (χ0v) is 7.69. The Hall–Kier alpha value is -1.50. The van der Waals surface area contributed by atoms with Gasteiger partial charge in [-0.3, -0.25) is 4.57 Å². The molecule has 2 heterocycles. The molecule has 15 heavy (non-hydrogen) atoms. The van der Waals surface area contributed by atoms with Crippen LogP contribution in [0.5, 0.6) is 0 Å². The highest BCUT2D eigenvalue weighted by atomic mass is 19.3. The number of hydrogen-bond donors (Lipinski definition) is 1. The summed E-state index contributed by atoms with van der Waals surface area (Å²) in [5, 5.41) is 0. The minimum atomic E-state index is -3.04. The fraction of sp³-hybridized carbons (Fsp3) is 0.500. The van der Waals surface area contributed by atoms with Crippen LogP contribution in [-0.4, -0.2) is 22.1 Å². The highest BCUT2D eigenvalue weighted by Crippen LogP contribution is 2.37. The standard InChI is InChI=1S/C8H9F2N3O2/c9-8(10)2-4-15-6(8)13-3-1-5(11)12-7(13)14/h1,3,6H,2,4H2,(H2,11,12,14)/t6-/m1/s1. The molecular weight excluding hydrogens is 208 g/mol. The highest BCUT2D eigenvalue weighted by molar-refractivity contribution is 5.23. The van der Waals surface area contributed by atoms with Gasteiger partial charge in [-0.2, -0.15) is 4.98 Å². The second-order valence-electron chi connectivity index (χ2n) is 3.28. The molecule has 2 rings (SSSR count). The van der Waals surface area contributed by atoms with E-state index in [2.05, 4.69) is 4.98 Å². The highest BCUT2D eigenvalue weighted by Gasteiger charge is 2.47. The summed E-state index contributed by atoms with van der Waals surface area (Å²) >= 11 is 0. The second kappa shape index (κ2) is 3.27. The molecule has 7 heteroatoms. The lowest BCUT2D eigenvalue weighted by molar-refractivity contribution is -0.109. The van der Waals surface area contributed by atoms with Crippen LogP contribution < -0.4 is 11.4 Å². The van der Waals surface area contributed by atoms with E-state index in [0.29, 0.717) is 0 Å². The van der Waals surface area contributed by atoms with E-state index in [1.165, 1.54) is 6.07 Å². The fourth-order valence-corrected chi connectivity index (χ4v) is 1.44. The Morgan fingerprint density at radius 3 is 2.93 bits per heavy atom. The summed E-state index contributed by atoms with van der Waals surface area (Å²) in [6.45, 7) is -0.0749. The molecule has 1 saturated heterocycles. The molecule has 0 spiro atoms. The predicted molar refractivity (Wildman–Crippen MR) is 47.5 cm³/mol. The monoisotopic (exact) mass is 217 g/mol. The van der Waals surface area contributed by atoms with Crippen molar-refractivity contribution in [3.05, 3.63) is 22.7 Å². The van der Waals surface area contributed by atoms with Crippen LogP contribution in [0.15, 0.2) is 17.1 Å². The van der Waals surface area contributed by atoms with Gasteiger partial charge in [0.15, 0.2) is 0 Å². The van der Waals surface area contributed by atoms with E-state index >= 15 is 0 Å². The van der Waals surface area contributed by atoms with Crippen molar-refractivity contribution in [3.63, 3.8) is 0 Å². The number of hydrogen-bond acceptors (Lipinski definition) is 4. The molecule has 1 aliphatic heterocycles. The van der Waals surface area contributed by atoms with Crippen molar-refractivity contribution >= 4 is 5.82 Å². The van der Waals surface area contributed by atoms with E-state index < -0.39 is 24.3 Å². The average Bonchev–Trinajstić information content (AvgIpc) is 2.46. The number of alkyl halides is 2. The number of halogens is 2. The number of nitrogens with zero attached hydrogens (tertiary/aromatic N) is 2. The molecule has 0 amide bonds. The maximum absolute atomic E-state index is 13.2. The van der Waals surface area contributed by atoms with E-state index in [0.717, 1.165) is 10.8 Å². The molecule has 0 radical (unpaired) electrons. The third kappa shape index (κ3) is 1.70. The zero-order valence-electron chi connectivity index (χ0n) is 7.69. The molecular formula is C8H9F2N3O2. The molecule has 5 nitrogen and oxygen atoms in total. The van der Waals surface area contributed by atoms with Gasteiger partial charge in [0.2, 0.25) is 6.23 Å². The van der Waals surface area contributed by atoms with Gasteiger partial charge in [-0.1, -0.05) is 0 Å². The first kappa shape index (κ1) is 10.0. The number of nitrogen functional groups attached to an aromatic ring is 1. The molecule has 82 valence electrons. The molecule has 0 unspecified atom stereocenters. The van der Waals surface area contributed by atoms with Gasteiger partial charge in [-0.05, 0) is 6.07 Å². The van der Waals surface area contributed by atoms with Crippen LogP contribution >= 0.6 is 0 Å². The lowest BCUT2D eigenvalue weighted by Crippen LogP contribution is -2.35. The maximum atomic E-state index is 13.2. The normalized spacial score (nSPS) is 24.3. The van der Waals surface area contributed by atoms with Crippen LogP contribution in [-0.2, 0) is 4.74 Å². The molecule has 0 aliphatic carbocycles. The maximum Gasteiger partial charge on any atom is 0.351 e. The Bertz CT molecular complexity index is 432. The Labute approximate surface area is 83.5 Å². The summed E-state index contributed by atoms with van der Waals surface area (Å²) in [6, 6.07) is 1.28. The molecule has 0 saturated carbocycles. The summed E-state index contributed by atoms with van der Waals surface area (Å²) in [4.78, 5) is 14.6. The lowest BCUT2D eigenvalue weighted by atomic mass is 10.2. The van der Waals surface area contributed by atoms with Crippen LogP contribution in [0, 0.1) is 0 Å². The number of nitrogens with two attached hydrogens (primary N) is 1. The van der Waals surface area contributed by atoms with Crippen LogP contribution in [0.2, 0.25) is 0 Å². The smallest absolute Gasteiger partial charge is 0.351 e. The Morgan fingerprint density at radius 2 is 2.40 bits per heavy atom. The van der Waals surface area contributed by atoms with E-state index in [1.54, 1.807) is 0 Å². The number of ether oxygens (including phenoxy) is 1. The number of anilines is 1. The minimum Gasteiger partial charge on any atom is -0.383 e. The van der Waals surface area contributed by atoms with Gasteiger partial charge in [0.05, 0.1) is 6.61 Å². The van der Waals surface area contributed by atoms with Crippen molar-refractivity contribution in [2.75, 3.05) is 12.3 Å². The van der Waals surface area contributed by atoms with Gasteiger partial charge < -0.3 is 10.5 Å². The van der Waals surface area contributed by atoms with Gasteiger partial charge in [0, 0.05) is 12.6 Å². The lowest BCUT2D eigenvalue weighted by Gasteiger charge is -2.19. The van der Waals surface area contributed by atoms with Crippen molar-refractivity contribution in [2.24, 2.45) is 0 Å². The first-order valence-corrected chi connectivity index (χ1v) is 4.35. The number of rotatable bonds is 1. The molecule has 1 aromatic rings. The van der Waals surface area contributed by atoms with Gasteiger partial charge >= 0.3 is 5.69 Å². The summed E-state index contributed by atoms with van der Waals surface area (Å²) < 4.78 is 32.0. The van der Waals surface area contributed by atoms with Gasteiger partial charge in [-0.25, -0.2) is 13.6 Å². The first-order valence-electron chi connectivity index (χ1n) is 4.35. The third-order valence-corrected chi connectivity index (χ3v) is 2.18. The molecule has 1 atom stereocenters. The molecule has 0 aromatic carbocycles. The summed E-state index contributed by atoms with van der Waals surface area (Å²) in [6.07, 6.45) is -0.804. The molecule has 0 bridgehead atoms. The van der Waals surface area contributed by atoms with Crippen molar-refractivity contribution in [1.29, 1.82) is 0 Å². The Balaban J connectivity index is 2.42. The van der Waals surface area contributed by atoms with Crippen molar-refractivity contribution in [1.82, 2.24) is 9.55 Å². The molecule has 1 fully saturated rings. The zero-order chi connectivity index (χ0) is 11.1. The van der Waals surface area contributed by atoms with Crippen LogP contribution in [0.4, 0.5) is 14.6 Å². The largest absolute Gasteiger partial charge is 0.383 e. The minimum absolute atomic E-state index is 0.00226. The first-order chi connectivity index (χ1) is 7.00. The topological polar surface area (TPSA) is 70.1 Å². The van der Waals surface area contributed by atoms with Crippen LogP contribution in [0.3, 0.4) is 0 Å². The molecule has 1 aromatic heterocycles. The van der Waals surface area contributed by atoms with Gasteiger partial charge in [0.25, 0.3) is 5.92 Å². The Kier molecular flexibility index (Phi) is 2.18. The van der Waals surface area contributed by atoms with E-state index in [9.17, 15) is 13.6 Å². The van der Waals surface area contributed by atoms with Gasteiger partial charge in [0.1, 0.15) is 5.82 Å². The summed E-state index contributed by atoms with van der Waals surface area (Å²) in [7, 11) is 0. The quantitative estimate of drug-likeness (QED) is 0.738. The second-order valence-corrected chi connectivity index (χ2v) is 3.28. The van der Waals surface area contributed by atoms with Gasteiger partial charge in [-0.15, -0.1) is 0 Å². The predicted octanol–water partition coefficient (Wildman–Crippen LogP) is 0.380. The van der Waals surface area contributed by atoms with Crippen molar-refractivity contribution in [2.45, 2.75) is 18.6 Å². The average molecular weight is 217 g/mol. The molecule has 1 aliphatic rings. The third-order valence-electron chi connectivity index (χ3n) is 2.18. The van der Waals surface area contributed by atoms with E-state index in [4.69, 9.17) is 10.5 Å². The fourth-order valence-electron chi connectivity index (χ4n) is 1.44. The van der Waals surface area contributed by atoms with Crippen LogP contribution in [0.25, 0.3) is 0 Å². The van der Waals surface area contributed by atoms with E-state index in [-0.39, 0.29) is 12.4 Å².